The highest BCUT2D eigenvalue weighted by Crippen LogP contribution is 2.31. The first-order valence-corrected chi connectivity index (χ1v) is 8.63. The van der Waals surface area contributed by atoms with Crippen LogP contribution in [0.5, 0.6) is 0 Å². The van der Waals surface area contributed by atoms with Gasteiger partial charge < -0.3 is 10.2 Å². The number of nitrogens with one attached hydrogen (secondary N) is 2. The molecule has 2 aliphatic rings. The maximum Gasteiger partial charge on any atom is 0.227 e. The summed E-state index contributed by atoms with van der Waals surface area (Å²) in [5, 5.41) is 10.6. The fraction of sp³-hybridized carbons (Fsp3) is 0.588. The van der Waals surface area contributed by atoms with Crippen molar-refractivity contribution in [2.45, 2.75) is 46.0 Å². The lowest BCUT2D eigenvalue weighted by molar-refractivity contribution is 0.434. The van der Waals surface area contributed by atoms with Crippen LogP contribution in [0.15, 0.2) is 6.07 Å². The Kier molecular flexibility index (Phi) is 3.67. The van der Waals surface area contributed by atoms with Gasteiger partial charge >= 0.3 is 0 Å². The Morgan fingerprint density at radius 1 is 1.22 bits per heavy atom. The van der Waals surface area contributed by atoms with Crippen LogP contribution < -0.4 is 10.2 Å². The first-order chi connectivity index (χ1) is 11.2. The summed E-state index contributed by atoms with van der Waals surface area (Å²) in [4.78, 5) is 12.0. The fourth-order valence-electron chi connectivity index (χ4n) is 3.48. The minimum absolute atomic E-state index is 0.810. The molecule has 0 aromatic carbocycles. The Morgan fingerprint density at radius 2 is 2.04 bits per heavy atom. The van der Waals surface area contributed by atoms with Gasteiger partial charge in [-0.05, 0) is 44.9 Å². The van der Waals surface area contributed by atoms with E-state index in [0.29, 0.717) is 0 Å². The maximum atomic E-state index is 4.86. The molecule has 3 heterocycles. The van der Waals surface area contributed by atoms with Gasteiger partial charge in [0.05, 0.1) is 5.69 Å². The zero-order chi connectivity index (χ0) is 15.8. The Labute approximate surface area is 136 Å². The quantitative estimate of drug-likeness (QED) is 0.912. The van der Waals surface area contributed by atoms with E-state index >= 15 is 0 Å². The van der Waals surface area contributed by atoms with E-state index < -0.39 is 0 Å². The molecule has 0 bridgehead atoms. The molecular formula is C17H24N6. The van der Waals surface area contributed by atoms with Crippen molar-refractivity contribution in [3.05, 3.63) is 23.0 Å². The van der Waals surface area contributed by atoms with Crippen molar-refractivity contribution in [2.24, 2.45) is 5.92 Å². The number of hydrogen-bond donors (Lipinski definition) is 2. The summed E-state index contributed by atoms with van der Waals surface area (Å²) in [7, 11) is 0. The summed E-state index contributed by atoms with van der Waals surface area (Å²) < 4.78 is 0. The van der Waals surface area contributed by atoms with Crippen molar-refractivity contribution < 1.29 is 0 Å². The van der Waals surface area contributed by atoms with Crippen molar-refractivity contribution >= 4 is 17.6 Å². The molecule has 2 N–H and O–H groups in total. The molecular weight excluding hydrogens is 288 g/mol. The molecule has 23 heavy (non-hydrogen) atoms. The molecule has 0 atom stereocenters. The van der Waals surface area contributed by atoms with Crippen LogP contribution in [0.1, 0.15) is 43.1 Å². The van der Waals surface area contributed by atoms with E-state index in [1.807, 2.05) is 13.0 Å². The Balaban J connectivity index is 1.64. The highest BCUT2D eigenvalue weighted by molar-refractivity contribution is 5.60. The van der Waals surface area contributed by atoms with E-state index in [1.165, 1.54) is 30.5 Å². The van der Waals surface area contributed by atoms with Crippen LogP contribution in [-0.4, -0.2) is 33.3 Å². The summed E-state index contributed by atoms with van der Waals surface area (Å²) >= 11 is 0. The van der Waals surface area contributed by atoms with Gasteiger partial charge in [-0.1, -0.05) is 6.92 Å². The monoisotopic (exact) mass is 312 g/mol. The number of H-pyrrole nitrogens is 1. The second kappa shape index (κ2) is 5.83. The van der Waals surface area contributed by atoms with Crippen molar-refractivity contribution in [1.29, 1.82) is 0 Å². The summed E-state index contributed by atoms with van der Waals surface area (Å²) in [6.45, 7) is 6.44. The summed E-state index contributed by atoms with van der Waals surface area (Å²) in [6, 6.07) is 2.01. The number of rotatable bonds is 3. The van der Waals surface area contributed by atoms with Gasteiger partial charge in [0.1, 0.15) is 5.82 Å². The smallest absolute Gasteiger partial charge is 0.227 e. The summed E-state index contributed by atoms with van der Waals surface area (Å²) in [6.07, 6.45) is 5.73. The van der Waals surface area contributed by atoms with Crippen molar-refractivity contribution in [2.75, 3.05) is 23.3 Å². The van der Waals surface area contributed by atoms with Crippen LogP contribution in [0.2, 0.25) is 0 Å². The minimum Gasteiger partial charge on any atom is -0.341 e. The number of aromatic nitrogens is 4. The maximum absolute atomic E-state index is 4.86. The van der Waals surface area contributed by atoms with Crippen molar-refractivity contribution in [3.63, 3.8) is 0 Å². The molecule has 0 amide bonds. The molecule has 0 spiro atoms. The highest BCUT2D eigenvalue weighted by Gasteiger charge is 2.24. The second-order valence-corrected chi connectivity index (χ2v) is 6.88. The molecule has 4 rings (SSSR count). The summed E-state index contributed by atoms with van der Waals surface area (Å²) in [5.41, 5.74) is 3.52. The average Bonchev–Trinajstić information content (AvgIpc) is 3.17. The van der Waals surface area contributed by atoms with E-state index in [2.05, 4.69) is 27.3 Å². The molecule has 6 heteroatoms. The van der Waals surface area contributed by atoms with E-state index in [9.17, 15) is 0 Å². The average molecular weight is 312 g/mol. The van der Waals surface area contributed by atoms with Gasteiger partial charge in [0.15, 0.2) is 5.82 Å². The lowest BCUT2D eigenvalue weighted by Gasteiger charge is -2.30. The molecule has 6 nitrogen and oxygen atoms in total. The van der Waals surface area contributed by atoms with E-state index in [1.54, 1.807) is 0 Å². The van der Waals surface area contributed by atoms with Crippen LogP contribution in [-0.2, 0) is 12.8 Å². The SMILES string of the molecule is Cc1cc(Nc2nc(N3CCC(C)CC3)nc3c2CCC3)n[nH]1. The zero-order valence-corrected chi connectivity index (χ0v) is 13.9. The molecule has 1 aliphatic carbocycles. The molecule has 2 aromatic heterocycles. The van der Waals surface area contributed by atoms with Gasteiger partial charge in [-0.3, -0.25) is 5.10 Å². The fourth-order valence-corrected chi connectivity index (χ4v) is 3.48. The van der Waals surface area contributed by atoms with Gasteiger partial charge in [-0.15, -0.1) is 0 Å². The van der Waals surface area contributed by atoms with E-state index in [0.717, 1.165) is 55.1 Å². The largest absolute Gasteiger partial charge is 0.341 e. The van der Waals surface area contributed by atoms with Gasteiger partial charge in [-0.2, -0.15) is 10.1 Å². The Hall–Kier alpha value is -2.11. The minimum atomic E-state index is 0.810. The van der Waals surface area contributed by atoms with Gasteiger partial charge in [0.25, 0.3) is 0 Å². The van der Waals surface area contributed by atoms with Crippen LogP contribution in [0.25, 0.3) is 0 Å². The normalized spacial score (nSPS) is 18.3. The van der Waals surface area contributed by atoms with E-state index in [4.69, 9.17) is 9.97 Å². The van der Waals surface area contributed by atoms with Crippen LogP contribution >= 0.6 is 0 Å². The van der Waals surface area contributed by atoms with E-state index in [-0.39, 0.29) is 0 Å². The van der Waals surface area contributed by atoms with Crippen LogP contribution in [0.3, 0.4) is 0 Å². The number of fused-ring (bicyclic) bond motifs is 1. The molecule has 0 radical (unpaired) electrons. The first kappa shape index (κ1) is 14.5. The van der Waals surface area contributed by atoms with Gasteiger partial charge in [0, 0.05) is 30.4 Å². The lowest BCUT2D eigenvalue weighted by Crippen LogP contribution is -2.34. The third-order valence-corrected chi connectivity index (χ3v) is 4.94. The number of piperidine rings is 1. The van der Waals surface area contributed by atoms with Gasteiger partial charge in [-0.25, -0.2) is 4.98 Å². The van der Waals surface area contributed by atoms with Gasteiger partial charge in [0.2, 0.25) is 5.95 Å². The van der Waals surface area contributed by atoms with Crippen molar-refractivity contribution in [3.8, 4) is 0 Å². The predicted molar refractivity (Wildman–Crippen MR) is 91.3 cm³/mol. The van der Waals surface area contributed by atoms with Crippen LogP contribution in [0.4, 0.5) is 17.6 Å². The third-order valence-electron chi connectivity index (χ3n) is 4.94. The van der Waals surface area contributed by atoms with Crippen molar-refractivity contribution in [1.82, 2.24) is 20.2 Å². The lowest BCUT2D eigenvalue weighted by atomic mass is 10.00. The second-order valence-electron chi connectivity index (χ2n) is 6.88. The molecule has 0 saturated carbocycles. The predicted octanol–water partition coefficient (Wildman–Crippen LogP) is 2.98. The molecule has 1 aliphatic heterocycles. The molecule has 2 aromatic rings. The number of nitrogens with zero attached hydrogens (tertiary/aromatic N) is 4. The standard InChI is InChI=1S/C17H24N6/c1-11-6-8-23(9-7-11)17-18-14-5-3-4-13(14)16(20-17)19-15-10-12(2)21-22-15/h10-11H,3-9H2,1-2H3,(H2,18,19,20,21,22). The number of aromatic amines is 1. The number of aryl methyl sites for hydroxylation is 2. The molecule has 1 fully saturated rings. The Morgan fingerprint density at radius 3 is 2.78 bits per heavy atom. The molecule has 122 valence electrons. The van der Waals surface area contributed by atoms with Crippen LogP contribution in [0, 0.1) is 12.8 Å². The molecule has 1 saturated heterocycles. The molecule has 0 unspecified atom stereocenters. The summed E-state index contributed by atoms with van der Waals surface area (Å²) in [5.74, 6) is 3.46. The zero-order valence-electron chi connectivity index (χ0n) is 13.9. The topological polar surface area (TPSA) is 69.7 Å². The third kappa shape index (κ3) is 2.90. The number of anilines is 3. The Bertz CT molecular complexity index is 699. The number of hydrogen-bond acceptors (Lipinski definition) is 5. The first-order valence-electron chi connectivity index (χ1n) is 8.63. The highest BCUT2D eigenvalue weighted by atomic mass is 15.3.